The Morgan fingerprint density at radius 1 is 1.12 bits per heavy atom. The molecule has 3 rings (SSSR count). The molecule has 120 valence electrons. The quantitative estimate of drug-likeness (QED) is 0.397. The van der Waals surface area contributed by atoms with Gasteiger partial charge in [-0.15, -0.1) is 0 Å². The molecule has 2 atom stereocenters. The van der Waals surface area contributed by atoms with Crippen molar-refractivity contribution in [1.29, 1.82) is 5.26 Å². The number of hydroxylamine groups is 2. The van der Waals surface area contributed by atoms with Crippen LogP contribution in [0, 0.1) is 17.2 Å². The van der Waals surface area contributed by atoms with Crippen molar-refractivity contribution in [1.82, 2.24) is 9.96 Å². The number of carbonyl (C=O) groups is 5. The molecule has 1 aromatic carbocycles. The van der Waals surface area contributed by atoms with Gasteiger partial charge in [-0.05, 0) is 12.1 Å². The van der Waals surface area contributed by atoms with Crippen molar-refractivity contribution in [2.75, 3.05) is 0 Å². The van der Waals surface area contributed by atoms with Gasteiger partial charge >= 0.3 is 5.97 Å². The third-order valence-corrected chi connectivity index (χ3v) is 3.96. The topological polar surface area (TPSA) is 156 Å². The van der Waals surface area contributed by atoms with Gasteiger partial charge in [-0.1, -0.05) is 12.1 Å². The first-order valence-electron chi connectivity index (χ1n) is 6.48. The first-order valence-corrected chi connectivity index (χ1v) is 6.48. The van der Waals surface area contributed by atoms with Crippen LogP contribution in [0.2, 0.25) is 0 Å². The van der Waals surface area contributed by atoms with E-state index in [2.05, 4.69) is 0 Å². The number of benzene rings is 1. The molecule has 24 heavy (non-hydrogen) atoms. The minimum Gasteiger partial charge on any atom is -0.481 e. The number of hydrogen-bond acceptors (Lipinski definition) is 7. The molecule has 0 aromatic heterocycles. The Balaban J connectivity index is 2.26. The zero-order valence-electron chi connectivity index (χ0n) is 11.7. The van der Waals surface area contributed by atoms with Gasteiger partial charge in [-0.3, -0.25) is 29.2 Å². The van der Waals surface area contributed by atoms with Crippen LogP contribution in [0.15, 0.2) is 24.3 Å². The number of carboxylic acid groups (broad SMARTS) is 1. The average Bonchev–Trinajstić information content (AvgIpc) is 2.92. The molecule has 0 spiro atoms. The van der Waals surface area contributed by atoms with Gasteiger partial charge in [-0.2, -0.15) is 10.3 Å². The number of carboxylic acids is 1. The van der Waals surface area contributed by atoms with Crippen molar-refractivity contribution < 1.29 is 34.3 Å². The van der Waals surface area contributed by atoms with Gasteiger partial charge in [0.25, 0.3) is 23.6 Å². The third kappa shape index (κ3) is 1.53. The van der Waals surface area contributed by atoms with Gasteiger partial charge in [-0.25, -0.2) is 4.90 Å². The van der Waals surface area contributed by atoms with Crippen LogP contribution in [0.1, 0.15) is 20.7 Å². The predicted octanol–water partition coefficient (Wildman–Crippen LogP) is -0.996. The van der Waals surface area contributed by atoms with Crippen LogP contribution in [0.5, 0.6) is 0 Å². The number of imide groups is 2. The fourth-order valence-electron chi connectivity index (χ4n) is 2.87. The number of aliphatic carboxylic acids is 1. The first kappa shape index (κ1) is 15.3. The smallest absolute Gasteiger partial charge is 0.320 e. The fourth-order valence-corrected chi connectivity index (χ4v) is 2.87. The average molecular weight is 329 g/mol. The van der Waals surface area contributed by atoms with E-state index < -0.39 is 46.1 Å². The summed E-state index contributed by atoms with van der Waals surface area (Å²) < 4.78 is 0. The maximum atomic E-state index is 12.5. The van der Waals surface area contributed by atoms with Crippen molar-refractivity contribution in [2.45, 2.75) is 5.54 Å². The highest BCUT2D eigenvalue weighted by atomic mass is 16.5. The van der Waals surface area contributed by atoms with Crippen molar-refractivity contribution >= 4 is 29.6 Å². The van der Waals surface area contributed by atoms with E-state index in [1.54, 1.807) is 0 Å². The van der Waals surface area contributed by atoms with Gasteiger partial charge < -0.3 is 5.11 Å². The maximum Gasteiger partial charge on any atom is 0.320 e. The van der Waals surface area contributed by atoms with Gasteiger partial charge in [0.1, 0.15) is 6.07 Å². The first-order chi connectivity index (χ1) is 11.3. The lowest BCUT2D eigenvalue weighted by atomic mass is 9.85. The number of rotatable bonds is 2. The van der Waals surface area contributed by atoms with Crippen LogP contribution >= 0.6 is 0 Å². The van der Waals surface area contributed by atoms with E-state index in [0.717, 1.165) is 0 Å². The van der Waals surface area contributed by atoms with E-state index in [-0.39, 0.29) is 16.0 Å². The standard InChI is InChI=1S/C14H7N3O7/c15-5-14(8(12(21)22)11(20)17(24)13(14)23)16-9(18)6-3-1-2-4-7(6)10(16)19/h1-4,8,24H,(H,21,22). The van der Waals surface area contributed by atoms with E-state index in [4.69, 9.17) is 0 Å². The van der Waals surface area contributed by atoms with Crippen LogP contribution in [0.3, 0.4) is 0 Å². The van der Waals surface area contributed by atoms with E-state index >= 15 is 0 Å². The normalized spacial score (nSPS) is 25.9. The summed E-state index contributed by atoms with van der Waals surface area (Å²) in [4.78, 5) is 60.6. The molecule has 0 aliphatic carbocycles. The van der Waals surface area contributed by atoms with Crippen LogP contribution < -0.4 is 0 Å². The maximum absolute atomic E-state index is 12.5. The van der Waals surface area contributed by atoms with Crippen LogP contribution in [0.25, 0.3) is 0 Å². The molecule has 1 fully saturated rings. The largest absolute Gasteiger partial charge is 0.481 e. The Morgan fingerprint density at radius 3 is 2.04 bits per heavy atom. The zero-order valence-corrected chi connectivity index (χ0v) is 11.7. The molecule has 2 N–H and O–H groups in total. The molecule has 1 aromatic rings. The van der Waals surface area contributed by atoms with E-state index in [1.807, 2.05) is 0 Å². The summed E-state index contributed by atoms with van der Waals surface area (Å²) in [6.45, 7) is 0. The van der Waals surface area contributed by atoms with E-state index in [0.29, 0.717) is 0 Å². The molecule has 0 saturated carbocycles. The molecule has 0 radical (unpaired) electrons. The van der Waals surface area contributed by atoms with Crippen molar-refractivity contribution in [3.8, 4) is 6.07 Å². The van der Waals surface area contributed by atoms with Crippen LogP contribution in [0.4, 0.5) is 0 Å². The molecule has 2 unspecified atom stereocenters. The Bertz CT molecular complexity index is 852. The SMILES string of the molecule is N#CC1(N2C(=O)c3ccccc3C2=O)C(=O)N(O)C(=O)C1C(=O)O. The number of fused-ring (bicyclic) bond motifs is 1. The summed E-state index contributed by atoms with van der Waals surface area (Å²) in [6, 6.07) is 6.67. The predicted molar refractivity (Wildman–Crippen MR) is 70.1 cm³/mol. The molecule has 2 aliphatic heterocycles. The van der Waals surface area contributed by atoms with Crippen molar-refractivity contribution in [3.05, 3.63) is 35.4 Å². The van der Waals surface area contributed by atoms with E-state index in [9.17, 15) is 39.5 Å². The van der Waals surface area contributed by atoms with Crippen molar-refractivity contribution in [3.63, 3.8) is 0 Å². The zero-order chi connectivity index (χ0) is 17.8. The second-order valence-corrected chi connectivity index (χ2v) is 5.10. The Morgan fingerprint density at radius 2 is 1.62 bits per heavy atom. The minimum absolute atomic E-state index is 0.132. The Labute approximate surface area is 133 Å². The van der Waals surface area contributed by atoms with Gasteiger partial charge in [0.2, 0.25) is 5.54 Å². The molecule has 1 saturated heterocycles. The highest BCUT2D eigenvalue weighted by Gasteiger charge is 2.71. The summed E-state index contributed by atoms with van der Waals surface area (Å²) in [6.07, 6.45) is 0. The van der Waals surface area contributed by atoms with Gasteiger partial charge in [0.05, 0.1) is 11.1 Å². The number of nitrogens with zero attached hydrogens (tertiary/aromatic N) is 3. The summed E-state index contributed by atoms with van der Waals surface area (Å²) in [5.41, 5.74) is -3.28. The number of hydrogen-bond donors (Lipinski definition) is 2. The molecule has 10 heteroatoms. The number of nitriles is 1. The third-order valence-electron chi connectivity index (χ3n) is 3.96. The molecular weight excluding hydrogens is 322 g/mol. The number of amides is 4. The lowest BCUT2D eigenvalue weighted by molar-refractivity contribution is -0.174. The monoisotopic (exact) mass is 329 g/mol. The van der Waals surface area contributed by atoms with Gasteiger partial charge in [0, 0.05) is 0 Å². The highest BCUT2D eigenvalue weighted by molar-refractivity contribution is 6.28. The molecular formula is C14H7N3O7. The molecule has 2 aliphatic rings. The van der Waals surface area contributed by atoms with Gasteiger partial charge in [0.15, 0.2) is 5.92 Å². The van der Waals surface area contributed by atoms with Crippen LogP contribution in [-0.4, -0.2) is 55.4 Å². The second kappa shape index (κ2) is 4.71. The summed E-state index contributed by atoms with van der Waals surface area (Å²) in [7, 11) is 0. The summed E-state index contributed by atoms with van der Waals surface area (Å²) in [5, 5.41) is 27.6. The van der Waals surface area contributed by atoms with Crippen LogP contribution in [-0.2, 0) is 14.4 Å². The lowest BCUT2D eigenvalue weighted by Crippen LogP contribution is -2.60. The molecule has 10 nitrogen and oxygen atoms in total. The Hall–Kier alpha value is -3.58. The Kier molecular flexibility index (Phi) is 3.00. The summed E-state index contributed by atoms with van der Waals surface area (Å²) >= 11 is 0. The fraction of sp³-hybridized carbons (Fsp3) is 0.143. The van der Waals surface area contributed by atoms with Crippen molar-refractivity contribution in [2.24, 2.45) is 5.92 Å². The molecule has 2 heterocycles. The second-order valence-electron chi connectivity index (χ2n) is 5.10. The molecule has 4 amide bonds. The lowest BCUT2D eigenvalue weighted by Gasteiger charge is -2.29. The number of carbonyl (C=O) groups excluding carboxylic acids is 4. The molecule has 0 bridgehead atoms. The highest BCUT2D eigenvalue weighted by Crippen LogP contribution is 2.39. The summed E-state index contributed by atoms with van der Waals surface area (Å²) in [5.74, 6) is -9.83. The minimum atomic E-state index is -3.00. The van der Waals surface area contributed by atoms with E-state index in [1.165, 1.54) is 30.3 Å².